The molecule has 3 heterocycles. The van der Waals surface area contributed by atoms with Crippen molar-refractivity contribution in [2.45, 2.75) is 56.0 Å². The van der Waals surface area contributed by atoms with Gasteiger partial charge in [-0.05, 0) is 32.4 Å². The lowest BCUT2D eigenvalue weighted by atomic mass is 9.96. The standard InChI is InChI=1S/C16H23N5OS/c1-3-12(2)23-16-17-8-13(9-18-16)10-21-6-4-14(5-7-21)15-19-11-22-20-15/h8-9,11-12,14H,3-7,10H2,1-2H3/t12-/m0/s1. The Bertz CT molecular complexity index is 581. The highest BCUT2D eigenvalue weighted by atomic mass is 32.2. The molecular weight excluding hydrogens is 310 g/mol. The summed E-state index contributed by atoms with van der Waals surface area (Å²) in [5, 5.41) is 5.40. The predicted octanol–water partition coefficient (Wildman–Crippen LogP) is 3.13. The minimum absolute atomic E-state index is 0.426. The van der Waals surface area contributed by atoms with E-state index in [2.05, 4.69) is 38.9 Å². The Hall–Kier alpha value is -1.47. The van der Waals surface area contributed by atoms with Crippen LogP contribution < -0.4 is 0 Å². The summed E-state index contributed by atoms with van der Waals surface area (Å²) in [7, 11) is 0. The lowest BCUT2D eigenvalue weighted by Crippen LogP contribution is -2.32. The van der Waals surface area contributed by atoms with Crippen molar-refractivity contribution < 1.29 is 4.52 Å². The number of hydrogen-bond donors (Lipinski definition) is 0. The molecule has 6 nitrogen and oxygen atoms in total. The average molecular weight is 333 g/mol. The highest BCUT2D eigenvalue weighted by Crippen LogP contribution is 2.26. The number of piperidine rings is 1. The number of thioether (sulfide) groups is 1. The topological polar surface area (TPSA) is 67.9 Å². The second-order valence-corrected chi connectivity index (χ2v) is 7.46. The molecule has 0 saturated carbocycles. The number of likely N-dealkylation sites (tertiary alicyclic amines) is 1. The third-order valence-electron chi connectivity index (χ3n) is 4.30. The summed E-state index contributed by atoms with van der Waals surface area (Å²) in [6.07, 6.45) is 8.61. The molecule has 0 bridgehead atoms. The Morgan fingerprint density at radius 2 is 2.00 bits per heavy atom. The van der Waals surface area contributed by atoms with Gasteiger partial charge in [-0.3, -0.25) is 4.90 Å². The van der Waals surface area contributed by atoms with Gasteiger partial charge in [0.1, 0.15) is 0 Å². The molecule has 0 radical (unpaired) electrons. The lowest BCUT2D eigenvalue weighted by Gasteiger charge is -2.30. The summed E-state index contributed by atoms with van der Waals surface area (Å²) in [6.45, 7) is 7.39. The Labute approximate surface area is 141 Å². The molecule has 0 amide bonds. The third kappa shape index (κ3) is 4.51. The van der Waals surface area contributed by atoms with Gasteiger partial charge in [0, 0.05) is 35.7 Å². The summed E-state index contributed by atoms with van der Waals surface area (Å²) in [5.41, 5.74) is 1.18. The summed E-state index contributed by atoms with van der Waals surface area (Å²) in [5.74, 6) is 1.27. The molecular formula is C16H23N5OS. The van der Waals surface area contributed by atoms with Crippen LogP contribution in [0.15, 0.2) is 28.5 Å². The van der Waals surface area contributed by atoms with E-state index in [4.69, 9.17) is 4.52 Å². The minimum Gasteiger partial charge on any atom is -0.343 e. The molecule has 1 saturated heterocycles. The molecule has 2 aromatic rings. The Kier molecular flexibility index (Phi) is 5.61. The van der Waals surface area contributed by atoms with Gasteiger partial charge >= 0.3 is 0 Å². The maximum Gasteiger partial charge on any atom is 0.213 e. The molecule has 1 aliphatic heterocycles. The summed E-state index contributed by atoms with van der Waals surface area (Å²) < 4.78 is 4.84. The summed E-state index contributed by atoms with van der Waals surface area (Å²) in [6, 6.07) is 0. The highest BCUT2D eigenvalue weighted by molar-refractivity contribution is 7.99. The monoisotopic (exact) mass is 333 g/mol. The number of aromatic nitrogens is 4. The zero-order valence-electron chi connectivity index (χ0n) is 13.7. The van der Waals surface area contributed by atoms with Crippen LogP contribution in [0.4, 0.5) is 0 Å². The molecule has 23 heavy (non-hydrogen) atoms. The molecule has 7 heteroatoms. The molecule has 0 aromatic carbocycles. The Morgan fingerprint density at radius 1 is 1.26 bits per heavy atom. The normalized spacial score (nSPS) is 18.2. The average Bonchev–Trinajstić information content (AvgIpc) is 3.12. The first-order valence-corrected chi connectivity index (χ1v) is 9.08. The SMILES string of the molecule is CC[C@H](C)Sc1ncc(CN2CCC(c3ncon3)CC2)cn1. The van der Waals surface area contributed by atoms with Crippen LogP contribution >= 0.6 is 11.8 Å². The van der Waals surface area contributed by atoms with Gasteiger partial charge in [0.05, 0.1) is 0 Å². The quantitative estimate of drug-likeness (QED) is 0.594. The van der Waals surface area contributed by atoms with E-state index in [9.17, 15) is 0 Å². The van der Waals surface area contributed by atoms with Crippen molar-refractivity contribution in [3.8, 4) is 0 Å². The van der Waals surface area contributed by atoms with Crippen LogP contribution in [0.5, 0.6) is 0 Å². The van der Waals surface area contributed by atoms with E-state index in [0.717, 1.165) is 49.9 Å². The molecule has 0 aliphatic carbocycles. The molecule has 0 unspecified atom stereocenters. The number of nitrogens with zero attached hydrogens (tertiary/aromatic N) is 5. The number of rotatable bonds is 6. The Balaban J connectivity index is 1.48. The molecule has 0 spiro atoms. The first-order chi connectivity index (χ1) is 11.2. The first kappa shape index (κ1) is 16.4. The molecule has 1 fully saturated rings. The molecule has 124 valence electrons. The first-order valence-electron chi connectivity index (χ1n) is 8.20. The van der Waals surface area contributed by atoms with Crippen LogP contribution in [0.25, 0.3) is 0 Å². The summed E-state index contributed by atoms with van der Waals surface area (Å²) >= 11 is 1.74. The van der Waals surface area contributed by atoms with Gasteiger partial charge in [0.25, 0.3) is 0 Å². The van der Waals surface area contributed by atoms with Gasteiger partial charge in [-0.25, -0.2) is 9.97 Å². The van der Waals surface area contributed by atoms with Crippen molar-refractivity contribution in [2.75, 3.05) is 13.1 Å². The molecule has 3 rings (SSSR count). The van der Waals surface area contributed by atoms with Gasteiger partial charge in [0.2, 0.25) is 6.39 Å². The van der Waals surface area contributed by atoms with Crippen LogP contribution in [0.2, 0.25) is 0 Å². The lowest BCUT2D eigenvalue weighted by molar-refractivity contribution is 0.199. The van der Waals surface area contributed by atoms with E-state index >= 15 is 0 Å². The van der Waals surface area contributed by atoms with Crippen molar-refractivity contribution in [2.24, 2.45) is 0 Å². The van der Waals surface area contributed by atoms with Crippen molar-refractivity contribution in [1.82, 2.24) is 25.0 Å². The Morgan fingerprint density at radius 3 is 2.61 bits per heavy atom. The van der Waals surface area contributed by atoms with Crippen molar-refractivity contribution in [3.05, 3.63) is 30.2 Å². The zero-order chi connectivity index (χ0) is 16.1. The van der Waals surface area contributed by atoms with E-state index in [1.54, 1.807) is 11.8 Å². The maximum absolute atomic E-state index is 4.84. The van der Waals surface area contributed by atoms with Crippen LogP contribution in [-0.4, -0.2) is 43.3 Å². The van der Waals surface area contributed by atoms with Gasteiger partial charge in [0.15, 0.2) is 11.0 Å². The van der Waals surface area contributed by atoms with Crippen LogP contribution in [0.3, 0.4) is 0 Å². The maximum atomic E-state index is 4.84. The van der Waals surface area contributed by atoms with Crippen molar-refractivity contribution in [1.29, 1.82) is 0 Å². The van der Waals surface area contributed by atoms with Crippen molar-refractivity contribution in [3.63, 3.8) is 0 Å². The largest absolute Gasteiger partial charge is 0.343 e. The third-order valence-corrected chi connectivity index (χ3v) is 5.46. The second kappa shape index (κ2) is 7.88. The van der Waals surface area contributed by atoms with Crippen LogP contribution in [0, 0.1) is 0 Å². The van der Waals surface area contributed by atoms with E-state index in [1.165, 1.54) is 12.0 Å². The van der Waals surface area contributed by atoms with Gasteiger partial charge in [-0.2, -0.15) is 4.98 Å². The molecule has 2 aromatic heterocycles. The second-order valence-electron chi connectivity index (χ2n) is 6.05. The van der Waals surface area contributed by atoms with Crippen LogP contribution in [-0.2, 0) is 6.54 Å². The predicted molar refractivity (Wildman–Crippen MR) is 89.2 cm³/mol. The fourth-order valence-corrected chi connectivity index (χ4v) is 3.47. The smallest absolute Gasteiger partial charge is 0.213 e. The highest BCUT2D eigenvalue weighted by Gasteiger charge is 2.23. The van der Waals surface area contributed by atoms with Crippen LogP contribution in [0.1, 0.15) is 50.4 Å². The van der Waals surface area contributed by atoms with E-state index < -0.39 is 0 Å². The fourth-order valence-electron chi connectivity index (χ4n) is 2.71. The number of hydrogen-bond acceptors (Lipinski definition) is 7. The molecule has 1 aliphatic rings. The van der Waals surface area contributed by atoms with Gasteiger partial charge < -0.3 is 4.52 Å². The van der Waals surface area contributed by atoms with Crippen molar-refractivity contribution >= 4 is 11.8 Å². The van der Waals surface area contributed by atoms with Gasteiger partial charge in [-0.1, -0.05) is 30.8 Å². The minimum atomic E-state index is 0.426. The zero-order valence-corrected chi connectivity index (χ0v) is 14.5. The van der Waals surface area contributed by atoms with E-state index in [1.807, 2.05) is 12.4 Å². The fraction of sp³-hybridized carbons (Fsp3) is 0.625. The van der Waals surface area contributed by atoms with Gasteiger partial charge in [-0.15, -0.1) is 0 Å². The molecule has 0 N–H and O–H groups in total. The summed E-state index contributed by atoms with van der Waals surface area (Å²) in [4.78, 5) is 15.6. The molecule has 1 atom stereocenters. The van der Waals surface area contributed by atoms with E-state index in [0.29, 0.717) is 11.2 Å². The van der Waals surface area contributed by atoms with E-state index in [-0.39, 0.29) is 0 Å².